The quantitative estimate of drug-likeness (QED) is 0.222. The fraction of sp³-hybridized carbons (Fsp3) is 0.167. The van der Waals surface area contributed by atoms with E-state index in [0.29, 0.717) is 5.75 Å². The van der Waals surface area contributed by atoms with Gasteiger partial charge in [-0.1, -0.05) is 66.9 Å². The van der Waals surface area contributed by atoms with E-state index in [0.717, 1.165) is 24.6 Å². The molecule has 0 radical (unpaired) electrons. The third kappa shape index (κ3) is 3.81. The van der Waals surface area contributed by atoms with Gasteiger partial charge in [-0.2, -0.15) is 0 Å². The summed E-state index contributed by atoms with van der Waals surface area (Å²) in [4.78, 5) is 26.1. The van der Waals surface area contributed by atoms with Crippen molar-refractivity contribution in [2.24, 2.45) is 0 Å². The Hall–Kier alpha value is -2.41. The Morgan fingerprint density at radius 3 is 1.97 bits per heavy atom. The predicted molar refractivity (Wildman–Crippen MR) is 125 cm³/mol. The molecule has 0 amide bonds. The highest BCUT2D eigenvalue weighted by Gasteiger charge is 2.38. The molecule has 32 heavy (non-hydrogen) atoms. The van der Waals surface area contributed by atoms with Gasteiger partial charge in [0.05, 0.1) is 37.4 Å². The maximum absolute atomic E-state index is 15.9. The van der Waals surface area contributed by atoms with Crippen molar-refractivity contribution < 1.29 is 18.4 Å². The Bertz CT molecular complexity index is 1240. The average molecular weight is 492 g/mol. The molecule has 0 heterocycles. The van der Waals surface area contributed by atoms with E-state index in [1.54, 1.807) is 30.3 Å². The van der Waals surface area contributed by atoms with E-state index < -0.39 is 34.3 Å². The number of carbonyl (C=O) groups is 2. The van der Waals surface area contributed by atoms with Gasteiger partial charge in [0.1, 0.15) is 0 Å². The summed E-state index contributed by atoms with van der Waals surface area (Å²) >= 11 is 13.5. The molecule has 3 nitrogen and oxygen atoms in total. The lowest BCUT2D eigenvalue weighted by Gasteiger charge is -2.23. The maximum Gasteiger partial charge on any atom is 0.197 e. The van der Waals surface area contributed by atoms with Gasteiger partial charge in [-0.3, -0.25) is 9.59 Å². The first-order valence-corrected chi connectivity index (χ1v) is 11.7. The van der Waals surface area contributed by atoms with E-state index >= 15 is 8.78 Å². The van der Waals surface area contributed by atoms with Gasteiger partial charge in [-0.05, 0) is 24.3 Å². The molecule has 0 saturated carbocycles. The number of benzene rings is 3. The third-order valence-corrected chi connectivity index (χ3v) is 6.96. The molecular formula is C24H17Cl2F2NO2S. The molecule has 0 aromatic heterocycles. The summed E-state index contributed by atoms with van der Waals surface area (Å²) in [5, 5.41) is 3.19. The molecule has 0 atom stereocenters. The highest BCUT2D eigenvalue weighted by Crippen LogP contribution is 2.44. The Kier molecular flexibility index (Phi) is 6.56. The van der Waals surface area contributed by atoms with Gasteiger partial charge in [0, 0.05) is 11.1 Å². The van der Waals surface area contributed by atoms with E-state index in [9.17, 15) is 9.59 Å². The SMILES string of the molecule is CCCCSc1c(F)c2c(c(F)c1Nc1c(Cl)cccc1Cl)C(=O)c1ccccc1C2=O. The molecule has 0 fully saturated rings. The molecule has 0 bridgehead atoms. The second-order valence-electron chi connectivity index (χ2n) is 7.21. The molecule has 164 valence electrons. The summed E-state index contributed by atoms with van der Waals surface area (Å²) in [6, 6.07) is 10.7. The molecular weight excluding hydrogens is 475 g/mol. The second kappa shape index (κ2) is 9.22. The minimum Gasteiger partial charge on any atom is -0.350 e. The third-order valence-electron chi connectivity index (χ3n) is 5.16. The van der Waals surface area contributed by atoms with Crippen LogP contribution in [0.1, 0.15) is 51.6 Å². The number of ketones is 2. The number of hydrogen-bond donors (Lipinski definition) is 1. The van der Waals surface area contributed by atoms with Crippen LogP contribution in [0.3, 0.4) is 0 Å². The first-order valence-electron chi connectivity index (χ1n) is 9.94. The summed E-state index contributed by atoms with van der Waals surface area (Å²) < 4.78 is 31.6. The van der Waals surface area contributed by atoms with E-state index in [4.69, 9.17) is 23.2 Å². The molecule has 1 aliphatic carbocycles. The summed E-state index contributed by atoms with van der Waals surface area (Å²) in [5.41, 5.74) is -1.11. The van der Waals surface area contributed by atoms with Crippen LogP contribution in [0.5, 0.6) is 0 Å². The molecule has 0 saturated heterocycles. The topological polar surface area (TPSA) is 46.2 Å². The van der Waals surface area contributed by atoms with Crippen molar-refractivity contribution in [3.63, 3.8) is 0 Å². The van der Waals surface area contributed by atoms with Gasteiger partial charge in [-0.15, -0.1) is 11.8 Å². The molecule has 0 aliphatic heterocycles. The van der Waals surface area contributed by atoms with Crippen LogP contribution in [0.2, 0.25) is 10.0 Å². The maximum atomic E-state index is 15.9. The average Bonchev–Trinajstić information content (AvgIpc) is 2.78. The van der Waals surface area contributed by atoms with Crippen LogP contribution in [-0.2, 0) is 0 Å². The number of anilines is 2. The van der Waals surface area contributed by atoms with E-state index in [1.165, 1.54) is 12.1 Å². The minimum absolute atomic E-state index is 0.0383. The summed E-state index contributed by atoms with van der Waals surface area (Å²) in [5.74, 6) is -2.91. The number of thioether (sulfide) groups is 1. The van der Waals surface area contributed by atoms with E-state index in [1.807, 2.05) is 6.92 Å². The molecule has 0 spiro atoms. The molecule has 3 aromatic carbocycles. The van der Waals surface area contributed by atoms with E-state index in [2.05, 4.69) is 5.32 Å². The monoisotopic (exact) mass is 491 g/mol. The van der Waals surface area contributed by atoms with Crippen molar-refractivity contribution in [3.05, 3.63) is 86.4 Å². The lowest BCUT2D eigenvalue weighted by atomic mass is 9.83. The zero-order valence-electron chi connectivity index (χ0n) is 16.9. The summed E-state index contributed by atoms with van der Waals surface area (Å²) in [6.07, 6.45) is 1.61. The Balaban J connectivity index is 1.96. The number of para-hydroxylation sites is 1. The van der Waals surface area contributed by atoms with Crippen LogP contribution in [0.15, 0.2) is 47.4 Å². The lowest BCUT2D eigenvalue weighted by molar-refractivity contribution is 0.0971. The van der Waals surface area contributed by atoms with Gasteiger partial charge in [0.25, 0.3) is 0 Å². The Morgan fingerprint density at radius 1 is 0.844 bits per heavy atom. The zero-order chi connectivity index (χ0) is 23.0. The van der Waals surface area contributed by atoms with Crippen LogP contribution in [-0.4, -0.2) is 17.3 Å². The van der Waals surface area contributed by atoms with Crippen molar-refractivity contribution in [2.45, 2.75) is 24.7 Å². The molecule has 4 rings (SSSR count). The van der Waals surface area contributed by atoms with E-state index in [-0.39, 0.29) is 37.4 Å². The van der Waals surface area contributed by atoms with Crippen LogP contribution in [0.4, 0.5) is 20.2 Å². The van der Waals surface area contributed by atoms with Gasteiger partial charge in [0.15, 0.2) is 23.2 Å². The number of carbonyl (C=O) groups excluding carboxylic acids is 2. The summed E-state index contributed by atoms with van der Waals surface area (Å²) in [6.45, 7) is 1.98. The van der Waals surface area contributed by atoms with Crippen LogP contribution >= 0.6 is 35.0 Å². The first kappa shape index (κ1) is 22.8. The molecule has 1 N–H and O–H groups in total. The molecule has 8 heteroatoms. The Morgan fingerprint density at radius 2 is 1.41 bits per heavy atom. The van der Waals surface area contributed by atoms with Gasteiger partial charge in [0.2, 0.25) is 0 Å². The molecule has 3 aromatic rings. The van der Waals surface area contributed by atoms with Crippen LogP contribution in [0.25, 0.3) is 0 Å². The smallest absolute Gasteiger partial charge is 0.197 e. The largest absolute Gasteiger partial charge is 0.350 e. The Labute approximate surface area is 198 Å². The number of hydrogen-bond acceptors (Lipinski definition) is 4. The second-order valence-corrected chi connectivity index (χ2v) is 9.13. The van der Waals surface area contributed by atoms with Crippen molar-refractivity contribution >= 4 is 57.9 Å². The standard InChI is InChI=1S/C24H17Cl2F2NO2S/c1-2-3-11-32-24-19(28)17-16(22(30)12-7-4-5-8-13(12)23(17)31)18(27)21(24)29-20-14(25)9-6-10-15(20)26/h4-10,29H,2-3,11H2,1H3. The summed E-state index contributed by atoms with van der Waals surface area (Å²) in [7, 11) is 0. The number of halogens is 4. The van der Waals surface area contributed by atoms with Crippen molar-refractivity contribution in [3.8, 4) is 0 Å². The van der Waals surface area contributed by atoms with Crippen molar-refractivity contribution in [2.75, 3.05) is 11.1 Å². The van der Waals surface area contributed by atoms with Gasteiger partial charge >= 0.3 is 0 Å². The number of nitrogens with one attached hydrogen (secondary N) is 1. The van der Waals surface area contributed by atoms with Gasteiger partial charge in [-0.25, -0.2) is 8.78 Å². The highest BCUT2D eigenvalue weighted by atomic mass is 35.5. The number of rotatable bonds is 6. The van der Waals surface area contributed by atoms with Crippen molar-refractivity contribution in [1.29, 1.82) is 0 Å². The van der Waals surface area contributed by atoms with Crippen molar-refractivity contribution in [1.82, 2.24) is 0 Å². The number of unbranched alkanes of at least 4 members (excludes halogenated alkanes) is 1. The highest BCUT2D eigenvalue weighted by molar-refractivity contribution is 7.99. The molecule has 0 unspecified atom stereocenters. The fourth-order valence-corrected chi connectivity index (χ4v) is 5.19. The predicted octanol–water partition coefficient (Wildman–Crippen LogP) is 7.68. The zero-order valence-corrected chi connectivity index (χ0v) is 19.2. The van der Waals surface area contributed by atoms with Gasteiger partial charge < -0.3 is 5.32 Å². The van der Waals surface area contributed by atoms with Crippen LogP contribution in [0, 0.1) is 11.6 Å². The van der Waals surface area contributed by atoms with Crippen LogP contribution < -0.4 is 5.32 Å². The molecule has 1 aliphatic rings. The number of fused-ring (bicyclic) bond motifs is 2. The lowest BCUT2D eigenvalue weighted by Crippen LogP contribution is -2.25. The minimum atomic E-state index is -1.01. The first-order chi connectivity index (χ1) is 15.4. The normalized spacial score (nSPS) is 12.5. The fourth-order valence-electron chi connectivity index (χ4n) is 3.55.